The van der Waals surface area contributed by atoms with Gasteiger partial charge in [0.25, 0.3) is 0 Å². The van der Waals surface area contributed by atoms with E-state index in [2.05, 4.69) is 10.6 Å². The summed E-state index contributed by atoms with van der Waals surface area (Å²) in [6.07, 6.45) is -0.0530. The number of nitrogens with zero attached hydrogens (tertiary/aromatic N) is 1. The standard InChI is InChI=1S/C21H24ClN3O7/c1-4-31-20(28)18-11(2)23-21(29)24-14(18)10-32-19(27)12-7-17(26)25(9-12)15-8-13(22)5-6-16(15)30-3/h5-6,8,11-12H,4,7,9-10H2,1-3H3,(H2,23,24,29)/t11-,12+/m0/s1. The molecule has 2 atom stereocenters. The van der Waals surface area contributed by atoms with Gasteiger partial charge in [-0.1, -0.05) is 11.6 Å². The van der Waals surface area contributed by atoms with Crippen molar-refractivity contribution in [1.82, 2.24) is 10.6 Å². The molecule has 1 aromatic carbocycles. The number of amides is 3. The van der Waals surface area contributed by atoms with Crippen molar-refractivity contribution < 1.29 is 33.4 Å². The van der Waals surface area contributed by atoms with Gasteiger partial charge in [0, 0.05) is 18.0 Å². The number of carbonyl (C=O) groups is 4. The number of methoxy groups -OCH3 is 1. The van der Waals surface area contributed by atoms with Gasteiger partial charge >= 0.3 is 18.0 Å². The lowest BCUT2D eigenvalue weighted by atomic mass is 10.0. The van der Waals surface area contributed by atoms with Crippen molar-refractivity contribution in [2.75, 3.05) is 31.8 Å². The molecule has 3 rings (SSSR count). The summed E-state index contributed by atoms with van der Waals surface area (Å²) in [5, 5.41) is 5.48. The summed E-state index contributed by atoms with van der Waals surface area (Å²) in [4.78, 5) is 50.7. The maximum Gasteiger partial charge on any atom is 0.338 e. The highest BCUT2D eigenvalue weighted by Crippen LogP contribution is 2.35. The van der Waals surface area contributed by atoms with Gasteiger partial charge in [-0.3, -0.25) is 9.59 Å². The van der Waals surface area contributed by atoms with Crippen LogP contribution in [0.25, 0.3) is 0 Å². The molecule has 172 valence electrons. The van der Waals surface area contributed by atoms with E-state index in [-0.39, 0.29) is 43.4 Å². The third kappa shape index (κ3) is 4.96. The zero-order chi connectivity index (χ0) is 23.4. The van der Waals surface area contributed by atoms with Gasteiger partial charge in [-0.05, 0) is 32.0 Å². The highest BCUT2D eigenvalue weighted by Gasteiger charge is 2.38. The molecular weight excluding hydrogens is 442 g/mol. The lowest BCUT2D eigenvalue weighted by molar-refractivity contribution is -0.147. The number of nitrogens with one attached hydrogen (secondary N) is 2. The molecule has 1 saturated heterocycles. The lowest BCUT2D eigenvalue weighted by Gasteiger charge is -2.26. The van der Waals surface area contributed by atoms with Crippen LogP contribution in [0.3, 0.4) is 0 Å². The number of esters is 2. The highest BCUT2D eigenvalue weighted by molar-refractivity contribution is 6.31. The van der Waals surface area contributed by atoms with Gasteiger partial charge in [-0.25, -0.2) is 9.59 Å². The Labute approximate surface area is 189 Å². The molecule has 2 N–H and O–H groups in total. The van der Waals surface area contributed by atoms with Crippen LogP contribution in [0.2, 0.25) is 5.02 Å². The van der Waals surface area contributed by atoms with Crippen LogP contribution in [0.5, 0.6) is 5.75 Å². The molecule has 0 aromatic heterocycles. The van der Waals surface area contributed by atoms with Crippen molar-refractivity contribution >= 4 is 41.2 Å². The molecule has 10 nitrogen and oxygen atoms in total. The lowest BCUT2D eigenvalue weighted by Crippen LogP contribution is -2.50. The molecular formula is C21H24ClN3O7. The smallest absolute Gasteiger partial charge is 0.338 e. The van der Waals surface area contributed by atoms with Gasteiger partial charge in [0.05, 0.1) is 42.6 Å². The number of anilines is 1. The molecule has 32 heavy (non-hydrogen) atoms. The van der Waals surface area contributed by atoms with Gasteiger partial charge in [0.15, 0.2) is 0 Å². The molecule has 3 amide bonds. The van der Waals surface area contributed by atoms with E-state index in [4.69, 9.17) is 25.8 Å². The summed E-state index contributed by atoms with van der Waals surface area (Å²) < 4.78 is 15.7. The molecule has 11 heteroatoms. The Balaban J connectivity index is 1.72. The van der Waals surface area contributed by atoms with Crippen molar-refractivity contribution in [3.05, 3.63) is 34.5 Å². The maximum atomic E-state index is 12.7. The van der Waals surface area contributed by atoms with E-state index in [9.17, 15) is 19.2 Å². The van der Waals surface area contributed by atoms with Gasteiger partial charge in [-0.15, -0.1) is 0 Å². The first-order valence-corrected chi connectivity index (χ1v) is 10.4. The molecule has 1 aromatic rings. The number of benzene rings is 1. The van der Waals surface area contributed by atoms with E-state index >= 15 is 0 Å². The summed E-state index contributed by atoms with van der Waals surface area (Å²) in [7, 11) is 1.47. The summed E-state index contributed by atoms with van der Waals surface area (Å²) >= 11 is 6.05. The Morgan fingerprint density at radius 3 is 2.69 bits per heavy atom. The Morgan fingerprint density at radius 1 is 1.25 bits per heavy atom. The van der Waals surface area contributed by atoms with Crippen LogP contribution in [-0.2, 0) is 23.9 Å². The first-order chi connectivity index (χ1) is 15.2. The zero-order valence-electron chi connectivity index (χ0n) is 17.9. The molecule has 0 aliphatic carbocycles. The molecule has 1 fully saturated rings. The number of urea groups is 1. The number of halogens is 1. The van der Waals surface area contributed by atoms with Gasteiger partial charge in [-0.2, -0.15) is 0 Å². The van der Waals surface area contributed by atoms with Crippen LogP contribution in [0.1, 0.15) is 20.3 Å². The fourth-order valence-electron chi connectivity index (χ4n) is 3.63. The molecule has 0 unspecified atom stereocenters. The Morgan fingerprint density at radius 2 is 2.00 bits per heavy atom. The van der Waals surface area contributed by atoms with Gasteiger partial charge < -0.3 is 29.7 Å². The maximum absolute atomic E-state index is 12.7. The monoisotopic (exact) mass is 465 g/mol. The normalized spacial score (nSPS) is 20.6. The Bertz CT molecular complexity index is 978. The zero-order valence-corrected chi connectivity index (χ0v) is 18.7. The quantitative estimate of drug-likeness (QED) is 0.588. The fraction of sp³-hybridized carbons (Fsp3) is 0.429. The number of ether oxygens (including phenoxy) is 3. The minimum Gasteiger partial charge on any atom is -0.495 e. The third-order valence-electron chi connectivity index (χ3n) is 5.11. The minimum atomic E-state index is -0.729. The van der Waals surface area contributed by atoms with Crippen LogP contribution in [-0.4, -0.2) is 56.8 Å². The largest absolute Gasteiger partial charge is 0.495 e. The van der Waals surface area contributed by atoms with Crippen LogP contribution < -0.4 is 20.3 Å². The number of hydrogen-bond acceptors (Lipinski definition) is 7. The Kier molecular flexibility index (Phi) is 7.24. The Hall–Kier alpha value is -3.27. The molecule has 0 saturated carbocycles. The summed E-state index contributed by atoms with van der Waals surface area (Å²) in [6.45, 7) is 3.19. The summed E-state index contributed by atoms with van der Waals surface area (Å²) in [5.41, 5.74) is 0.782. The topological polar surface area (TPSA) is 123 Å². The predicted octanol–water partition coefficient (Wildman–Crippen LogP) is 1.76. The van der Waals surface area contributed by atoms with Crippen molar-refractivity contribution in [2.24, 2.45) is 5.92 Å². The van der Waals surface area contributed by atoms with Crippen LogP contribution >= 0.6 is 11.6 Å². The fourth-order valence-corrected chi connectivity index (χ4v) is 3.79. The molecule has 2 aliphatic heterocycles. The van der Waals surface area contributed by atoms with Crippen molar-refractivity contribution in [3.63, 3.8) is 0 Å². The van der Waals surface area contributed by atoms with Gasteiger partial charge in [0.2, 0.25) is 5.91 Å². The third-order valence-corrected chi connectivity index (χ3v) is 5.35. The highest BCUT2D eigenvalue weighted by atomic mass is 35.5. The number of carbonyl (C=O) groups excluding carboxylic acids is 4. The second-order valence-electron chi connectivity index (χ2n) is 7.26. The SMILES string of the molecule is CCOC(=O)C1=C(COC(=O)[C@@H]2CC(=O)N(c3cc(Cl)ccc3OC)C2)NC(=O)N[C@H]1C. The minimum absolute atomic E-state index is 0.0530. The van der Waals surface area contributed by atoms with Crippen LogP contribution in [0.4, 0.5) is 10.5 Å². The second kappa shape index (κ2) is 9.90. The molecule has 0 spiro atoms. The van der Waals surface area contributed by atoms with Crippen LogP contribution in [0.15, 0.2) is 29.5 Å². The second-order valence-corrected chi connectivity index (χ2v) is 7.70. The first-order valence-electron chi connectivity index (χ1n) is 10.0. The van der Waals surface area contributed by atoms with E-state index in [0.717, 1.165) is 0 Å². The van der Waals surface area contributed by atoms with E-state index in [1.54, 1.807) is 32.0 Å². The summed E-state index contributed by atoms with van der Waals surface area (Å²) in [5.74, 6) is -1.80. The average molecular weight is 466 g/mol. The van der Waals surface area contributed by atoms with Crippen molar-refractivity contribution in [1.29, 1.82) is 0 Å². The summed E-state index contributed by atoms with van der Waals surface area (Å²) in [6, 6.07) is 3.73. The number of hydrogen-bond donors (Lipinski definition) is 2. The first kappa shape index (κ1) is 23.4. The number of rotatable bonds is 7. The van der Waals surface area contributed by atoms with E-state index in [0.29, 0.717) is 16.5 Å². The van der Waals surface area contributed by atoms with Crippen molar-refractivity contribution in [2.45, 2.75) is 26.3 Å². The van der Waals surface area contributed by atoms with E-state index in [1.165, 1.54) is 12.0 Å². The average Bonchev–Trinajstić information content (AvgIpc) is 3.13. The molecule has 2 heterocycles. The van der Waals surface area contributed by atoms with E-state index in [1.807, 2.05) is 0 Å². The predicted molar refractivity (Wildman–Crippen MR) is 114 cm³/mol. The van der Waals surface area contributed by atoms with Crippen LogP contribution in [0, 0.1) is 5.92 Å². The van der Waals surface area contributed by atoms with Crippen molar-refractivity contribution in [3.8, 4) is 5.75 Å². The molecule has 2 aliphatic rings. The molecule has 0 radical (unpaired) electrons. The molecule has 0 bridgehead atoms. The van der Waals surface area contributed by atoms with E-state index < -0.39 is 29.9 Å². The van der Waals surface area contributed by atoms with Gasteiger partial charge in [0.1, 0.15) is 12.4 Å².